The maximum Gasteiger partial charge on any atom is 0.266 e. The molecule has 2 aromatic rings. The van der Waals surface area contributed by atoms with Gasteiger partial charge >= 0.3 is 0 Å². The number of piperidine rings is 1. The van der Waals surface area contributed by atoms with Gasteiger partial charge < -0.3 is 19.1 Å². The molecule has 0 saturated carbocycles. The van der Waals surface area contributed by atoms with Crippen LogP contribution in [0.1, 0.15) is 45.7 Å². The molecule has 1 aliphatic heterocycles. The minimum atomic E-state index is -0.00856. The third kappa shape index (κ3) is 4.16. The minimum Gasteiger partial charge on any atom is -0.459 e. The average Bonchev–Trinajstić information content (AvgIpc) is 3.36. The van der Waals surface area contributed by atoms with Crippen LogP contribution in [0.3, 0.4) is 0 Å². The maximum absolute atomic E-state index is 12.5. The molecule has 0 unspecified atom stereocenters. The van der Waals surface area contributed by atoms with Gasteiger partial charge in [-0.05, 0) is 37.8 Å². The predicted molar refractivity (Wildman–Crippen MR) is 101 cm³/mol. The van der Waals surface area contributed by atoms with Crippen molar-refractivity contribution in [1.29, 1.82) is 5.26 Å². The van der Waals surface area contributed by atoms with E-state index in [4.69, 9.17) is 8.83 Å². The molecule has 1 amide bonds. The van der Waals surface area contributed by atoms with Gasteiger partial charge in [-0.2, -0.15) is 10.2 Å². The van der Waals surface area contributed by atoms with E-state index in [0.29, 0.717) is 36.5 Å². The van der Waals surface area contributed by atoms with Crippen molar-refractivity contribution in [1.82, 2.24) is 10.3 Å². The first-order chi connectivity index (χ1) is 13.0. The van der Waals surface area contributed by atoms with E-state index in [1.165, 1.54) is 6.26 Å². The van der Waals surface area contributed by atoms with Gasteiger partial charge in [-0.25, -0.2) is 0 Å². The van der Waals surface area contributed by atoms with Crippen molar-refractivity contribution in [2.75, 3.05) is 18.0 Å². The molecule has 1 N–H and O–H groups in total. The molecule has 1 fully saturated rings. The van der Waals surface area contributed by atoms with Crippen LogP contribution in [0.2, 0.25) is 0 Å². The van der Waals surface area contributed by atoms with Crippen LogP contribution >= 0.6 is 0 Å². The molecule has 144 valence electrons. The summed E-state index contributed by atoms with van der Waals surface area (Å²) in [5, 5.41) is 12.5. The molecule has 0 spiro atoms. The predicted octanol–water partition coefficient (Wildman–Crippen LogP) is 3.57. The molecule has 7 heteroatoms. The number of carbonyl (C=O) groups is 1. The first-order valence-electron chi connectivity index (χ1n) is 9.53. The summed E-state index contributed by atoms with van der Waals surface area (Å²) in [7, 11) is 0. The van der Waals surface area contributed by atoms with E-state index in [1.54, 1.807) is 12.1 Å². The number of carbonyl (C=O) groups excluding carboxylic acids is 1. The largest absolute Gasteiger partial charge is 0.459 e. The summed E-state index contributed by atoms with van der Waals surface area (Å²) in [5.74, 6) is 1.82. The summed E-state index contributed by atoms with van der Waals surface area (Å²) in [6.45, 7) is 7.64. The zero-order valence-electron chi connectivity index (χ0n) is 16.1. The second-order valence-electron chi connectivity index (χ2n) is 7.21. The van der Waals surface area contributed by atoms with E-state index in [9.17, 15) is 10.1 Å². The van der Waals surface area contributed by atoms with Gasteiger partial charge in [-0.15, -0.1) is 0 Å². The van der Waals surface area contributed by atoms with Crippen molar-refractivity contribution >= 4 is 11.8 Å². The van der Waals surface area contributed by atoms with Crippen molar-refractivity contribution in [2.24, 2.45) is 11.8 Å². The topological polar surface area (TPSA) is 95.3 Å². The molecular formula is C20H26N4O3. The number of oxazole rings is 1. The van der Waals surface area contributed by atoms with Crippen LogP contribution in [0.15, 0.2) is 27.2 Å². The molecule has 2 atom stereocenters. The van der Waals surface area contributed by atoms with Crippen LogP contribution in [0.5, 0.6) is 0 Å². The summed E-state index contributed by atoms with van der Waals surface area (Å²) in [6.07, 6.45) is 4.03. The Hall–Kier alpha value is -2.75. The first kappa shape index (κ1) is 19.0. The summed E-state index contributed by atoms with van der Waals surface area (Å²) >= 11 is 0. The molecule has 7 nitrogen and oxygen atoms in total. The highest BCUT2D eigenvalue weighted by Gasteiger charge is 2.30. The highest BCUT2D eigenvalue weighted by atomic mass is 16.4. The first-order valence-corrected chi connectivity index (χ1v) is 9.53. The molecule has 1 aliphatic rings. The Kier molecular flexibility index (Phi) is 5.84. The van der Waals surface area contributed by atoms with Crippen molar-refractivity contribution in [3.05, 3.63) is 24.1 Å². The van der Waals surface area contributed by atoms with E-state index < -0.39 is 0 Å². The third-order valence-corrected chi connectivity index (χ3v) is 5.47. The minimum absolute atomic E-state index is 0.00856. The normalized spacial score (nSPS) is 17.3. The molecule has 0 aliphatic carbocycles. The number of rotatable bonds is 6. The van der Waals surface area contributed by atoms with Crippen LogP contribution < -0.4 is 10.2 Å². The highest BCUT2D eigenvalue weighted by molar-refractivity contribution is 5.79. The van der Waals surface area contributed by atoms with Gasteiger partial charge in [0.15, 0.2) is 5.76 Å². The fraction of sp³-hybridized carbons (Fsp3) is 0.550. The number of anilines is 1. The summed E-state index contributed by atoms with van der Waals surface area (Å²) < 4.78 is 11.1. The lowest BCUT2D eigenvalue weighted by Gasteiger charge is -2.32. The standard InChI is InChI=1S/C20H26N4O3/c1-4-13(2)14(3)22-18(25)15-7-9-24(10-8-15)20-16(12-21)23-19(27-20)17-6-5-11-26-17/h5-6,11,13-15H,4,7-10H2,1-3H3,(H,22,25)/t13-,14+/m0/s1. The Labute approximate surface area is 159 Å². The van der Waals surface area contributed by atoms with Gasteiger partial charge in [0.25, 0.3) is 5.89 Å². The molecule has 0 aromatic carbocycles. The van der Waals surface area contributed by atoms with Crippen LogP contribution in [-0.2, 0) is 4.79 Å². The van der Waals surface area contributed by atoms with E-state index in [1.807, 2.05) is 4.90 Å². The van der Waals surface area contributed by atoms with Crippen molar-refractivity contribution in [3.63, 3.8) is 0 Å². The van der Waals surface area contributed by atoms with Gasteiger partial charge in [0.05, 0.1) is 6.26 Å². The lowest BCUT2D eigenvalue weighted by molar-refractivity contribution is -0.126. The van der Waals surface area contributed by atoms with Crippen LogP contribution in [0.4, 0.5) is 5.88 Å². The number of furan rings is 1. The van der Waals surface area contributed by atoms with Crippen LogP contribution in [0, 0.1) is 23.2 Å². The zero-order valence-corrected chi connectivity index (χ0v) is 16.1. The molecule has 0 bridgehead atoms. The Morgan fingerprint density at radius 2 is 2.19 bits per heavy atom. The number of hydrogen-bond acceptors (Lipinski definition) is 6. The molecule has 3 rings (SSSR count). The van der Waals surface area contributed by atoms with Gasteiger partial charge in [0, 0.05) is 25.0 Å². The number of aromatic nitrogens is 1. The fourth-order valence-corrected chi connectivity index (χ4v) is 3.29. The quantitative estimate of drug-likeness (QED) is 0.835. The van der Waals surface area contributed by atoms with Crippen LogP contribution in [-0.4, -0.2) is 30.0 Å². The van der Waals surface area contributed by atoms with Crippen molar-refractivity contribution < 1.29 is 13.6 Å². The monoisotopic (exact) mass is 370 g/mol. The fourth-order valence-electron chi connectivity index (χ4n) is 3.29. The third-order valence-electron chi connectivity index (χ3n) is 5.47. The maximum atomic E-state index is 12.5. The Morgan fingerprint density at radius 1 is 1.44 bits per heavy atom. The molecule has 0 radical (unpaired) electrons. The van der Waals surface area contributed by atoms with Crippen molar-refractivity contribution in [2.45, 2.75) is 46.1 Å². The second kappa shape index (κ2) is 8.30. The van der Waals surface area contributed by atoms with E-state index in [2.05, 4.69) is 37.1 Å². The number of hydrogen-bond donors (Lipinski definition) is 1. The van der Waals surface area contributed by atoms with E-state index in [0.717, 1.165) is 19.3 Å². The molecular weight excluding hydrogens is 344 g/mol. The van der Waals surface area contributed by atoms with E-state index in [-0.39, 0.29) is 23.6 Å². The Morgan fingerprint density at radius 3 is 2.78 bits per heavy atom. The lowest BCUT2D eigenvalue weighted by atomic mass is 9.94. The number of nitrogens with zero attached hydrogens (tertiary/aromatic N) is 3. The number of nitrogens with one attached hydrogen (secondary N) is 1. The molecule has 2 aromatic heterocycles. The van der Waals surface area contributed by atoms with Gasteiger partial charge in [0.1, 0.15) is 6.07 Å². The highest BCUT2D eigenvalue weighted by Crippen LogP contribution is 2.31. The molecule has 3 heterocycles. The van der Waals surface area contributed by atoms with Gasteiger partial charge in [0.2, 0.25) is 17.5 Å². The Bertz CT molecular complexity index is 798. The molecule has 1 saturated heterocycles. The zero-order chi connectivity index (χ0) is 19.4. The van der Waals surface area contributed by atoms with Gasteiger partial charge in [-0.3, -0.25) is 4.79 Å². The summed E-state index contributed by atoms with van der Waals surface area (Å²) in [4.78, 5) is 18.7. The van der Waals surface area contributed by atoms with Crippen LogP contribution in [0.25, 0.3) is 11.7 Å². The SMILES string of the molecule is CC[C@H](C)[C@@H](C)NC(=O)C1CCN(c2oc(-c3ccco3)nc2C#N)CC1. The smallest absolute Gasteiger partial charge is 0.266 e. The van der Waals surface area contributed by atoms with Gasteiger partial charge in [-0.1, -0.05) is 20.3 Å². The van der Waals surface area contributed by atoms with Crippen molar-refractivity contribution in [3.8, 4) is 17.7 Å². The summed E-state index contributed by atoms with van der Waals surface area (Å²) in [5.41, 5.74) is 0.245. The van der Waals surface area contributed by atoms with E-state index >= 15 is 0 Å². The molecule has 27 heavy (non-hydrogen) atoms. The average molecular weight is 370 g/mol. The Balaban J connectivity index is 1.63. The number of nitriles is 1. The lowest BCUT2D eigenvalue weighted by Crippen LogP contribution is -2.44. The summed E-state index contributed by atoms with van der Waals surface area (Å²) in [6, 6.07) is 5.75. The number of amides is 1. The second-order valence-corrected chi connectivity index (χ2v) is 7.21.